The lowest BCUT2D eigenvalue weighted by Gasteiger charge is -2.09. The molecule has 0 bridgehead atoms. The van der Waals surface area contributed by atoms with Crippen LogP contribution >= 0.6 is 0 Å². The molecule has 0 aliphatic carbocycles. The normalized spacial score (nSPS) is 10.8. The molecule has 19 heavy (non-hydrogen) atoms. The minimum atomic E-state index is -0.127. The maximum atomic E-state index is 9.35. The Morgan fingerprint density at radius 3 is 2.53 bits per heavy atom. The third kappa shape index (κ3) is 3.39. The van der Waals surface area contributed by atoms with Crippen LogP contribution < -0.4 is 0 Å². The summed E-state index contributed by atoms with van der Waals surface area (Å²) in [6.45, 7) is 3.32. The van der Waals surface area contributed by atoms with Gasteiger partial charge in [0.1, 0.15) is 12.4 Å². The Bertz CT molecular complexity index is 497. The van der Waals surface area contributed by atoms with Gasteiger partial charge in [-0.05, 0) is 18.6 Å². The van der Waals surface area contributed by atoms with Gasteiger partial charge in [0.05, 0.1) is 6.61 Å². The van der Waals surface area contributed by atoms with E-state index in [0.29, 0.717) is 18.9 Å². The molecule has 0 aliphatic heterocycles. The lowest BCUT2D eigenvalue weighted by atomic mass is 10.3. The molecular formula is C14H19N3O2. The van der Waals surface area contributed by atoms with Gasteiger partial charge >= 0.3 is 0 Å². The number of benzene rings is 1. The SMILES string of the molecule is CCCOCCc1nnc(CO)n1-c1ccccc1. The first-order valence-electron chi connectivity index (χ1n) is 6.54. The van der Waals surface area contributed by atoms with Crippen LogP contribution in [0.4, 0.5) is 0 Å². The van der Waals surface area contributed by atoms with Crippen LogP contribution in [0.1, 0.15) is 25.0 Å². The Balaban J connectivity index is 2.18. The summed E-state index contributed by atoms with van der Waals surface area (Å²) in [5, 5.41) is 17.5. The van der Waals surface area contributed by atoms with Gasteiger partial charge < -0.3 is 9.84 Å². The number of hydrogen-bond acceptors (Lipinski definition) is 4. The van der Waals surface area contributed by atoms with Gasteiger partial charge in [0.2, 0.25) is 0 Å². The van der Waals surface area contributed by atoms with Crippen molar-refractivity contribution in [2.24, 2.45) is 0 Å². The first kappa shape index (κ1) is 13.7. The zero-order valence-electron chi connectivity index (χ0n) is 11.1. The van der Waals surface area contributed by atoms with Crippen molar-refractivity contribution in [2.75, 3.05) is 13.2 Å². The second-order valence-corrected chi connectivity index (χ2v) is 4.22. The molecule has 2 aromatic rings. The molecule has 0 saturated carbocycles. The molecule has 2 rings (SSSR count). The van der Waals surface area contributed by atoms with Crippen LogP contribution in [-0.4, -0.2) is 33.1 Å². The molecule has 1 aromatic heterocycles. The van der Waals surface area contributed by atoms with E-state index >= 15 is 0 Å². The number of aliphatic hydroxyl groups excluding tert-OH is 1. The van der Waals surface area contributed by atoms with E-state index in [0.717, 1.165) is 24.5 Å². The number of aromatic nitrogens is 3. The smallest absolute Gasteiger partial charge is 0.163 e. The van der Waals surface area contributed by atoms with Crippen molar-refractivity contribution < 1.29 is 9.84 Å². The predicted octanol–water partition coefficient (Wildman–Crippen LogP) is 1.73. The van der Waals surface area contributed by atoms with Gasteiger partial charge in [-0.3, -0.25) is 4.57 Å². The molecule has 1 heterocycles. The zero-order chi connectivity index (χ0) is 13.5. The highest BCUT2D eigenvalue weighted by molar-refractivity contribution is 5.33. The molecule has 0 spiro atoms. The molecule has 5 nitrogen and oxygen atoms in total. The minimum Gasteiger partial charge on any atom is -0.388 e. The highest BCUT2D eigenvalue weighted by Crippen LogP contribution is 2.13. The molecule has 0 radical (unpaired) electrons. The van der Waals surface area contributed by atoms with Crippen LogP contribution in [0.25, 0.3) is 5.69 Å². The van der Waals surface area contributed by atoms with Crippen LogP contribution in [0.15, 0.2) is 30.3 Å². The molecule has 0 unspecified atom stereocenters. The second-order valence-electron chi connectivity index (χ2n) is 4.22. The quantitative estimate of drug-likeness (QED) is 0.771. The van der Waals surface area contributed by atoms with Crippen molar-refractivity contribution >= 4 is 0 Å². The van der Waals surface area contributed by atoms with E-state index in [4.69, 9.17) is 4.74 Å². The maximum absolute atomic E-state index is 9.35. The molecule has 0 atom stereocenters. The summed E-state index contributed by atoms with van der Waals surface area (Å²) in [7, 11) is 0. The zero-order valence-corrected chi connectivity index (χ0v) is 11.1. The van der Waals surface area contributed by atoms with Gasteiger partial charge in [-0.15, -0.1) is 10.2 Å². The average molecular weight is 261 g/mol. The maximum Gasteiger partial charge on any atom is 0.163 e. The lowest BCUT2D eigenvalue weighted by Crippen LogP contribution is -2.08. The largest absolute Gasteiger partial charge is 0.388 e. The summed E-state index contributed by atoms with van der Waals surface area (Å²) in [6.07, 6.45) is 1.69. The predicted molar refractivity (Wildman–Crippen MR) is 72.1 cm³/mol. The van der Waals surface area contributed by atoms with Gasteiger partial charge in [0, 0.05) is 18.7 Å². The highest BCUT2D eigenvalue weighted by Gasteiger charge is 2.12. The lowest BCUT2D eigenvalue weighted by molar-refractivity contribution is 0.136. The average Bonchev–Trinajstić information content (AvgIpc) is 2.87. The summed E-state index contributed by atoms with van der Waals surface area (Å²) in [5.41, 5.74) is 0.960. The third-order valence-electron chi connectivity index (χ3n) is 2.77. The minimum absolute atomic E-state index is 0.127. The number of rotatable bonds is 7. The standard InChI is InChI=1S/C14H19N3O2/c1-2-9-19-10-8-13-15-16-14(11-18)17(13)12-6-4-3-5-7-12/h3-7,18H,2,8-11H2,1H3. The second kappa shape index (κ2) is 7.01. The Morgan fingerprint density at radius 2 is 1.84 bits per heavy atom. The van der Waals surface area contributed by atoms with Crippen LogP contribution in [0, 0.1) is 0 Å². The van der Waals surface area contributed by atoms with E-state index < -0.39 is 0 Å². The van der Waals surface area contributed by atoms with Crippen molar-refractivity contribution in [3.05, 3.63) is 42.0 Å². The van der Waals surface area contributed by atoms with Crippen LogP contribution in [0.3, 0.4) is 0 Å². The summed E-state index contributed by atoms with van der Waals surface area (Å²) in [6, 6.07) is 9.80. The van der Waals surface area contributed by atoms with Gasteiger partial charge in [-0.2, -0.15) is 0 Å². The Morgan fingerprint density at radius 1 is 1.11 bits per heavy atom. The number of nitrogens with zero attached hydrogens (tertiary/aromatic N) is 3. The molecule has 5 heteroatoms. The molecular weight excluding hydrogens is 242 g/mol. The first-order chi connectivity index (χ1) is 9.36. The number of para-hydroxylation sites is 1. The van der Waals surface area contributed by atoms with Gasteiger partial charge in [0.25, 0.3) is 0 Å². The van der Waals surface area contributed by atoms with Crippen molar-refractivity contribution in [3.63, 3.8) is 0 Å². The van der Waals surface area contributed by atoms with Crippen molar-refractivity contribution in [1.82, 2.24) is 14.8 Å². The van der Waals surface area contributed by atoms with Crippen molar-refractivity contribution in [3.8, 4) is 5.69 Å². The van der Waals surface area contributed by atoms with E-state index in [1.165, 1.54) is 0 Å². The molecule has 0 aliphatic rings. The summed E-state index contributed by atoms with van der Waals surface area (Å²) >= 11 is 0. The summed E-state index contributed by atoms with van der Waals surface area (Å²) < 4.78 is 7.36. The Labute approximate surface area is 112 Å². The number of aliphatic hydroxyl groups is 1. The van der Waals surface area contributed by atoms with Crippen LogP contribution in [-0.2, 0) is 17.8 Å². The third-order valence-corrected chi connectivity index (χ3v) is 2.77. The molecule has 102 valence electrons. The van der Waals surface area contributed by atoms with E-state index in [9.17, 15) is 5.11 Å². The fraction of sp³-hybridized carbons (Fsp3) is 0.429. The Kier molecular flexibility index (Phi) is 5.06. The fourth-order valence-corrected chi connectivity index (χ4v) is 1.90. The molecule has 0 fully saturated rings. The van der Waals surface area contributed by atoms with Crippen molar-refractivity contribution in [2.45, 2.75) is 26.4 Å². The monoisotopic (exact) mass is 261 g/mol. The first-order valence-corrected chi connectivity index (χ1v) is 6.54. The van der Waals surface area contributed by atoms with Crippen LogP contribution in [0.5, 0.6) is 0 Å². The van der Waals surface area contributed by atoms with E-state index in [1.54, 1.807) is 0 Å². The fourth-order valence-electron chi connectivity index (χ4n) is 1.90. The molecule has 1 N–H and O–H groups in total. The van der Waals surface area contributed by atoms with E-state index in [1.807, 2.05) is 34.9 Å². The highest BCUT2D eigenvalue weighted by atomic mass is 16.5. The van der Waals surface area contributed by atoms with Crippen LogP contribution in [0.2, 0.25) is 0 Å². The summed E-state index contributed by atoms with van der Waals surface area (Å²) in [4.78, 5) is 0. The van der Waals surface area contributed by atoms with Gasteiger partial charge in [-0.25, -0.2) is 0 Å². The molecule has 0 saturated heterocycles. The summed E-state index contributed by atoms with van der Waals surface area (Å²) in [5.74, 6) is 1.36. The number of ether oxygens (including phenoxy) is 1. The van der Waals surface area contributed by atoms with E-state index in [2.05, 4.69) is 17.1 Å². The van der Waals surface area contributed by atoms with Gasteiger partial charge in [0.15, 0.2) is 5.82 Å². The Hall–Kier alpha value is -1.72. The van der Waals surface area contributed by atoms with Gasteiger partial charge in [-0.1, -0.05) is 25.1 Å². The number of hydrogen-bond donors (Lipinski definition) is 1. The molecule has 0 amide bonds. The topological polar surface area (TPSA) is 60.2 Å². The molecule has 1 aromatic carbocycles. The van der Waals surface area contributed by atoms with Crippen molar-refractivity contribution in [1.29, 1.82) is 0 Å². The van der Waals surface area contributed by atoms with E-state index in [-0.39, 0.29) is 6.61 Å².